The number of hydrogen-bond donors (Lipinski definition) is 3. The molecule has 0 saturated heterocycles. The van der Waals surface area contributed by atoms with Gasteiger partial charge in [-0.1, -0.05) is 44.2 Å². The fourth-order valence-corrected chi connectivity index (χ4v) is 4.11. The first kappa shape index (κ1) is 20.5. The Morgan fingerprint density at radius 3 is 2.70 bits per heavy atom. The van der Waals surface area contributed by atoms with Crippen molar-refractivity contribution in [2.75, 3.05) is 10.6 Å². The fourth-order valence-electron chi connectivity index (χ4n) is 4.11. The Morgan fingerprint density at radius 2 is 1.94 bits per heavy atom. The van der Waals surface area contributed by atoms with Crippen LogP contribution in [0.25, 0.3) is 16.4 Å². The third-order valence-corrected chi connectivity index (χ3v) is 5.51. The van der Waals surface area contributed by atoms with Crippen molar-refractivity contribution in [3.8, 4) is 0 Å². The van der Waals surface area contributed by atoms with Gasteiger partial charge in [0.1, 0.15) is 11.8 Å². The molecule has 2 aromatic carbocycles. The van der Waals surface area contributed by atoms with E-state index in [2.05, 4.69) is 37.9 Å². The van der Waals surface area contributed by atoms with Crippen LogP contribution in [-0.4, -0.2) is 35.6 Å². The molecule has 0 aliphatic heterocycles. The van der Waals surface area contributed by atoms with Crippen molar-refractivity contribution in [3.05, 3.63) is 78.4 Å². The van der Waals surface area contributed by atoms with Crippen LogP contribution in [0.3, 0.4) is 0 Å². The average molecular weight is 441 g/mol. The summed E-state index contributed by atoms with van der Waals surface area (Å²) in [4.78, 5) is 15.7. The molecular weight excluding hydrogens is 418 g/mol. The Morgan fingerprint density at radius 1 is 1.12 bits per heavy atom. The van der Waals surface area contributed by atoms with Gasteiger partial charge in [0.15, 0.2) is 5.82 Å². The highest BCUT2D eigenvalue weighted by Crippen LogP contribution is 2.34. The molecule has 0 unspecified atom stereocenters. The van der Waals surface area contributed by atoms with Gasteiger partial charge in [-0.3, -0.25) is 10.00 Å². The number of aromatic nitrogens is 5. The summed E-state index contributed by atoms with van der Waals surface area (Å²) in [5.41, 5.74) is 5.14. The van der Waals surface area contributed by atoms with Crippen LogP contribution >= 0.6 is 0 Å². The summed E-state index contributed by atoms with van der Waals surface area (Å²) in [6.07, 6.45) is 3.85. The lowest BCUT2D eigenvalue weighted by molar-refractivity contribution is 0.209. The van der Waals surface area contributed by atoms with Crippen LogP contribution in [0.15, 0.2) is 67.3 Å². The summed E-state index contributed by atoms with van der Waals surface area (Å²) >= 11 is 0. The maximum absolute atomic E-state index is 11.3. The standard InChI is InChI=1S/C24H23N7O2/c1-15(2)21-19(29-24(32)33)13-31-22(21)23(25-14-27-31)28-18-8-9-20-17(10-18)11-26-30(20)12-16-6-4-3-5-7-16/h3-11,13-15,29H,12H2,1-2H3,(H,32,33)(H,25,27,28). The van der Waals surface area contributed by atoms with Gasteiger partial charge in [-0.2, -0.15) is 10.2 Å². The lowest BCUT2D eigenvalue weighted by Gasteiger charge is -2.12. The third kappa shape index (κ3) is 3.96. The van der Waals surface area contributed by atoms with Crippen LogP contribution in [0.4, 0.5) is 22.0 Å². The SMILES string of the molecule is CC(C)c1c(NC(=O)O)cn2ncnc(Nc3ccc4c(cnn4Cc4ccccc4)c3)c12. The van der Waals surface area contributed by atoms with Crippen LogP contribution in [0.2, 0.25) is 0 Å². The number of carboxylic acid groups (broad SMARTS) is 1. The molecule has 3 aromatic heterocycles. The number of anilines is 3. The van der Waals surface area contributed by atoms with Gasteiger partial charge in [0.05, 0.1) is 30.1 Å². The molecule has 0 aliphatic carbocycles. The minimum absolute atomic E-state index is 0.0575. The van der Waals surface area contributed by atoms with Crippen LogP contribution in [0.5, 0.6) is 0 Å². The molecule has 0 aliphatic rings. The van der Waals surface area contributed by atoms with Crippen molar-refractivity contribution in [3.63, 3.8) is 0 Å². The lowest BCUT2D eigenvalue weighted by Crippen LogP contribution is -2.08. The zero-order chi connectivity index (χ0) is 22.9. The molecule has 0 radical (unpaired) electrons. The highest BCUT2D eigenvalue weighted by Gasteiger charge is 2.20. The normalized spacial score (nSPS) is 11.4. The van der Waals surface area contributed by atoms with Gasteiger partial charge in [0.25, 0.3) is 0 Å². The van der Waals surface area contributed by atoms with E-state index in [0.717, 1.165) is 27.7 Å². The van der Waals surface area contributed by atoms with E-state index in [1.165, 1.54) is 11.9 Å². The van der Waals surface area contributed by atoms with Gasteiger partial charge in [0.2, 0.25) is 0 Å². The zero-order valence-electron chi connectivity index (χ0n) is 18.2. The van der Waals surface area contributed by atoms with E-state index in [1.807, 2.05) is 61.1 Å². The van der Waals surface area contributed by atoms with Gasteiger partial charge in [-0.05, 0) is 29.7 Å². The van der Waals surface area contributed by atoms with Crippen molar-refractivity contribution in [2.24, 2.45) is 0 Å². The number of nitrogens with one attached hydrogen (secondary N) is 2. The van der Waals surface area contributed by atoms with Crippen molar-refractivity contribution in [1.29, 1.82) is 0 Å². The minimum Gasteiger partial charge on any atom is -0.465 e. The highest BCUT2D eigenvalue weighted by molar-refractivity contribution is 5.91. The van der Waals surface area contributed by atoms with Crippen LogP contribution in [0, 0.1) is 0 Å². The van der Waals surface area contributed by atoms with E-state index in [-0.39, 0.29) is 5.92 Å². The molecule has 0 atom stereocenters. The van der Waals surface area contributed by atoms with Gasteiger partial charge < -0.3 is 10.4 Å². The van der Waals surface area contributed by atoms with Crippen molar-refractivity contribution in [2.45, 2.75) is 26.3 Å². The Hall–Kier alpha value is -4.40. The predicted molar refractivity (Wildman–Crippen MR) is 127 cm³/mol. The summed E-state index contributed by atoms with van der Waals surface area (Å²) in [6.45, 7) is 4.71. The summed E-state index contributed by atoms with van der Waals surface area (Å²) in [5.74, 6) is 0.658. The Kier molecular flexibility index (Phi) is 5.14. The molecule has 3 N–H and O–H groups in total. The largest absolute Gasteiger partial charge is 0.465 e. The summed E-state index contributed by atoms with van der Waals surface area (Å²) in [6, 6.07) is 16.3. The van der Waals surface area contributed by atoms with E-state index >= 15 is 0 Å². The number of rotatable bonds is 6. The summed E-state index contributed by atoms with van der Waals surface area (Å²) in [7, 11) is 0. The quantitative estimate of drug-likeness (QED) is 0.339. The highest BCUT2D eigenvalue weighted by atomic mass is 16.4. The second-order valence-electron chi connectivity index (χ2n) is 8.13. The summed E-state index contributed by atoms with van der Waals surface area (Å²) < 4.78 is 3.62. The number of benzene rings is 2. The van der Waals surface area contributed by atoms with Gasteiger partial charge in [0, 0.05) is 16.6 Å². The van der Waals surface area contributed by atoms with E-state index in [4.69, 9.17) is 0 Å². The molecule has 1 amide bonds. The van der Waals surface area contributed by atoms with Crippen molar-refractivity contribution < 1.29 is 9.90 Å². The molecule has 166 valence electrons. The molecule has 9 heteroatoms. The van der Waals surface area contributed by atoms with E-state index < -0.39 is 6.09 Å². The first-order valence-corrected chi connectivity index (χ1v) is 10.6. The van der Waals surface area contributed by atoms with Gasteiger partial charge in [-0.25, -0.2) is 14.3 Å². The van der Waals surface area contributed by atoms with E-state index in [0.29, 0.717) is 18.1 Å². The summed E-state index contributed by atoms with van der Waals surface area (Å²) in [5, 5.41) is 24.9. The molecule has 9 nitrogen and oxygen atoms in total. The molecular formula is C24H23N7O2. The number of fused-ring (bicyclic) bond motifs is 2. The Balaban J connectivity index is 1.50. The molecule has 0 spiro atoms. The average Bonchev–Trinajstić information content (AvgIpc) is 3.35. The molecule has 5 rings (SSSR count). The predicted octanol–water partition coefficient (Wildman–Crippen LogP) is 5.08. The number of nitrogens with zero attached hydrogens (tertiary/aromatic N) is 5. The lowest BCUT2D eigenvalue weighted by atomic mass is 10.0. The molecule has 0 bridgehead atoms. The van der Waals surface area contributed by atoms with E-state index in [1.54, 1.807) is 10.7 Å². The van der Waals surface area contributed by atoms with Crippen LogP contribution in [-0.2, 0) is 6.54 Å². The first-order valence-electron chi connectivity index (χ1n) is 10.6. The molecule has 3 heterocycles. The fraction of sp³-hybridized carbons (Fsp3) is 0.167. The Labute approximate surface area is 189 Å². The first-order chi connectivity index (χ1) is 16.0. The Bertz CT molecular complexity index is 1450. The van der Waals surface area contributed by atoms with Gasteiger partial charge in [-0.15, -0.1) is 0 Å². The number of amides is 1. The van der Waals surface area contributed by atoms with Gasteiger partial charge >= 0.3 is 6.09 Å². The molecule has 33 heavy (non-hydrogen) atoms. The molecule has 0 fully saturated rings. The second kappa shape index (κ2) is 8.27. The second-order valence-corrected chi connectivity index (χ2v) is 8.13. The number of carbonyl (C=O) groups is 1. The van der Waals surface area contributed by atoms with Crippen molar-refractivity contribution in [1.82, 2.24) is 24.4 Å². The minimum atomic E-state index is -1.12. The zero-order valence-corrected chi connectivity index (χ0v) is 18.2. The maximum atomic E-state index is 11.3. The smallest absolute Gasteiger partial charge is 0.409 e. The van der Waals surface area contributed by atoms with Crippen LogP contribution < -0.4 is 10.6 Å². The monoisotopic (exact) mass is 441 g/mol. The molecule has 5 aromatic rings. The third-order valence-electron chi connectivity index (χ3n) is 5.51. The van der Waals surface area contributed by atoms with Crippen LogP contribution in [0.1, 0.15) is 30.9 Å². The topological polar surface area (TPSA) is 109 Å². The maximum Gasteiger partial charge on any atom is 0.409 e. The molecule has 0 saturated carbocycles. The van der Waals surface area contributed by atoms with Crippen molar-refractivity contribution >= 4 is 39.7 Å². The number of hydrogen-bond acceptors (Lipinski definition) is 5. The van der Waals surface area contributed by atoms with E-state index in [9.17, 15) is 9.90 Å².